The summed E-state index contributed by atoms with van der Waals surface area (Å²) in [6, 6.07) is 15.6. The summed E-state index contributed by atoms with van der Waals surface area (Å²) in [7, 11) is -3.27. The molecule has 0 spiro atoms. The van der Waals surface area contributed by atoms with Crippen molar-refractivity contribution in [3.63, 3.8) is 0 Å². The Morgan fingerprint density at radius 1 is 1.00 bits per heavy atom. The number of rotatable bonds is 2. The lowest BCUT2D eigenvalue weighted by molar-refractivity contribution is -0.508. The van der Waals surface area contributed by atoms with Crippen LogP contribution in [0.1, 0.15) is 0 Å². The minimum Gasteiger partial charge on any atom is -0.194 e. The van der Waals surface area contributed by atoms with Crippen molar-refractivity contribution in [2.24, 2.45) is 0 Å². The highest BCUT2D eigenvalue weighted by Crippen LogP contribution is 2.19. The Balaban J connectivity index is 2.30. The molecule has 0 atom stereocenters. The van der Waals surface area contributed by atoms with Gasteiger partial charge in [-0.1, -0.05) is 36.4 Å². The van der Waals surface area contributed by atoms with Gasteiger partial charge in [-0.15, -0.1) is 3.97 Å². The van der Waals surface area contributed by atoms with Crippen LogP contribution in [0.25, 0.3) is 16.8 Å². The van der Waals surface area contributed by atoms with Crippen LogP contribution in [0.2, 0.25) is 0 Å². The van der Waals surface area contributed by atoms with E-state index in [1.54, 1.807) is 12.5 Å². The SMILES string of the molecule is CS(=O)(=O)[n+]1cc2cccc(-c3ccccc3)n2c1. The third kappa shape index (κ3) is 2.13. The average Bonchev–Trinajstić information content (AvgIpc) is 2.83. The predicted octanol–water partition coefficient (Wildman–Crippen LogP) is 1.70. The van der Waals surface area contributed by atoms with Gasteiger partial charge in [-0.25, -0.2) is 0 Å². The average molecular weight is 273 g/mol. The lowest BCUT2D eigenvalue weighted by Crippen LogP contribution is -2.39. The number of benzene rings is 1. The number of nitrogens with zero attached hydrogens (tertiary/aromatic N) is 2. The molecule has 0 aliphatic rings. The van der Waals surface area contributed by atoms with Gasteiger partial charge in [0.1, 0.15) is 5.69 Å². The van der Waals surface area contributed by atoms with E-state index in [2.05, 4.69) is 0 Å². The van der Waals surface area contributed by atoms with Gasteiger partial charge in [0.2, 0.25) is 0 Å². The summed E-state index contributed by atoms with van der Waals surface area (Å²) in [5.74, 6) is 0. The van der Waals surface area contributed by atoms with Gasteiger partial charge in [0.25, 0.3) is 6.33 Å². The Morgan fingerprint density at radius 3 is 2.42 bits per heavy atom. The molecule has 0 bridgehead atoms. The zero-order valence-electron chi connectivity index (χ0n) is 10.4. The van der Waals surface area contributed by atoms with Crippen molar-refractivity contribution in [1.82, 2.24) is 4.40 Å². The zero-order valence-corrected chi connectivity index (χ0v) is 11.2. The topological polar surface area (TPSA) is 42.4 Å². The van der Waals surface area contributed by atoms with Crippen molar-refractivity contribution in [2.75, 3.05) is 6.26 Å². The van der Waals surface area contributed by atoms with Crippen molar-refractivity contribution in [3.8, 4) is 11.3 Å². The maximum absolute atomic E-state index is 11.6. The first kappa shape index (κ1) is 11.9. The Morgan fingerprint density at radius 2 is 1.74 bits per heavy atom. The van der Waals surface area contributed by atoms with Crippen molar-refractivity contribution >= 4 is 15.5 Å². The zero-order chi connectivity index (χ0) is 13.5. The van der Waals surface area contributed by atoms with Gasteiger partial charge in [-0.3, -0.25) is 0 Å². The molecule has 0 fully saturated rings. The van der Waals surface area contributed by atoms with Crippen LogP contribution in [-0.4, -0.2) is 19.1 Å². The van der Waals surface area contributed by atoms with Gasteiger partial charge in [0.15, 0.2) is 11.7 Å². The third-order valence-corrected chi connectivity index (χ3v) is 3.97. The number of imidazole rings is 1. The number of pyridine rings is 1. The fourth-order valence-corrected chi connectivity index (χ4v) is 2.64. The van der Waals surface area contributed by atoms with E-state index in [4.69, 9.17) is 0 Å². The maximum atomic E-state index is 11.6. The summed E-state index contributed by atoms with van der Waals surface area (Å²) in [4.78, 5) is 0. The standard InChI is InChI=1S/C14H13N2O2S/c1-19(17,18)15-10-13-8-5-9-14(16(13)11-15)12-6-3-2-4-7-12/h2-11H,1H3/q+1. The summed E-state index contributed by atoms with van der Waals surface area (Å²) < 4.78 is 26.3. The van der Waals surface area contributed by atoms with Gasteiger partial charge >= 0.3 is 10.0 Å². The number of hydrogen-bond acceptors (Lipinski definition) is 2. The quantitative estimate of drug-likeness (QED) is 0.667. The molecule has 0 amide bonds. The molecule has 0 unspecified atom stereocenters. The first-order valence-electron chi connectivity index (χ1n) is 5.84. The molecule has 2 heterocycles. The van der Waals surface area contributed by atoms with Gasteiger partial charge in [-0.2, -0.15) is 12.8 Å². The van der Waals surface area contributed by atoms with Crippen molar-refractivity contribution in [2.45, 2.75) is 0 Å². The molecule has 19 heavy (non-hydrogen) atoms. The molecule has 0 aliphatic carbocycles. The van der Waals surface area contributed by atoms with E-state index in [1.165, 1.54) is 10.2 Å². The molecular weight excluding hydrogens is 260 g/mol. The molecule has 0 saturated carbocycles. The number of aromatic nitrogens is 2. The van der Waals surface area contributed by atoms with Crippen molar-refractivity contribution in [1.29, 1.82) is 0 Å². The molecule has 0 saturated heterocycles. The van der Waals surface area contributed by atoms with Crippen LogP contribution in [-0.2, 0) is 10.0 Å². The van der Waals surface area contributed by atoms with Crippen LogP contribution in [0, 0.1) is 0 Å². The fraction of sp³-hybridized carbons (Fsp3) is 0.0714. The first-order chi connectivity index (χ1) is 9.05. The van der Waals surface area contributed by atoms with E-state index in [9.17, 15) is 8.42 Å². The molecule has 3 rings (SSSR count). The fourth-order valence-electron chi connectivity index (χ4n) is 2.07. The normalized spacial score (nSPS) is 11.8. The van der Waals surface area contributed by atoms with E-state index in [0.29, 0.717) is 0 Å². The van der Waals surface area contributed by atoms with Crippen LogP contribution >= 0.6 is 0 Å². The summed E-state index contributed by atoms with van der Waals surface area (Å²) in [6.45, 7) is 0. The van der Waals surface area contributed by atoms with Gasteiger partial charge < -0.3 is 0 Å². The summed E-state index contributed by atoms with van der Waals surface area (Å²) in [5.41, 5.74) is 2.84. The third-order valence-electron chi connectivity index (χ3n) is 3.00. The molecule has 0 N–H and O–H groups in total. The molecule has 0 radical (unpaired) electrons. The first-order valence-corrected chi connectivity index (χ1v) is 7.69. The second kappa shape index (κ2) is 4.20. The lowest BCUT2D eigenvalue weighted by atomic mass is 10.1. The molecule has 4 nitrogen and oxygen atoms in total. The van der Waals surface area contributed by atoms with E-state index in [0.717, 1.165) is 16.8 Å². The molecule has 3 aromatic rings. The Hall–Kier alpha value is -2.14. The predicted molar refractivity (Wildman–Crippen MR) is 73.3 cm³/mol. The van der Waals surface area contributed by atoms with E-state index < -0.39 is 10.0 Å². The van der Waals surface area contributed by atoms with Gasteiger partial charge in [0, 0.05) is 5.56 Å². The Labute approximate surface area is 111 Å². The summed E-state index contributed by atoms with van der Waals surface area (Å²) in [5, 5.41) is 0. The highest BCUT2D eigenvalue weighted by atomic mass is 32.2. The molecular formula is C14H13N2O2S+. The smallest absolute Gasteiger partial charge is 0.194 e. The molecule has 0 aliphatic heterocycles. The number of fused-ring (bicyclic) bond motifs is 1. The van der Waals surface area contributed by atoms with Crippen LogP contribution in [0.4, 0.5) is 0 Å². The summed E-state index contributed by atoms with van der Waals surface area (Å²) in [6.07, 6.45) is 4.39. The second-order valence-electron chi connectivity index (χ2n) is 4.41. The highest BCUT2D eigenvalue weighted by molar-refractivity contribution is 7.84. The van der Waals surface area contributed by atoms with E-state index in [1.807, 2.05) is 52.9 Å². The monoisotopic (exact) mass is 273 g/mol. The molecule has 1 aromatic carbocycles. The van der Waals surface area contributed by atoms with Crippen LogP contribution in [0.3, 0.4) is 0 Å². The largest absolute Gasteiger partial charge is 0.302 e. The van der Waals surface area contributed by atoms with Crippen molar-refractivity contribution < 1.29 is 12.4 Å². The lowest BCUT2D eigenvalue weighted by Gasteiger charge is -1.99. The van der Waals surface area contributed by atoms with Crippen LogP contribution in [0.5, 0.6) is 0 Å². The van der Waals surface area contributed by atoms with E-state index in [-0.39, 0.29) is 0 Å². The molecule has 96 valence electrons. The Kier molecular flexibility index (Phi) is 2.64. The minimum absolute atomic E-state index is 0.840. The molecule has 5 heteroatoms. The second-order valence-corrected chi connectivity index (χ2v) is 6.30. The highest BCUT2D eigenvalue weighted by Gasteiger charge is 2.17. The Bertz CT molecular complexity index is 836. The van der Waals surface area contributed by atoms with Gasteiger partial charge in [-0.05, 0) is 12.1 Å². The van der Waals surface area contributed by atoms with Crippen molar-refractivity contribution in [3.05, 3.63) is 61.1 Å². The van der Waals surface area contributed by atoms with Crippen LogP contribution in [0.15, 0.2) is 61.1 Å². The molecule has 2 aromatic heterocycles. The maximum Gasteiger partial charge on any atom is 0.302 e. The van der Waals surface area contributed by atoms with E-state index >= 15 is 0 Å². The van der Waals surface area contributed by atoms with Gasteiger partial charge in [0.05, 0.1) is 6.26 Å². The van der Waals surface area contributed by atoms with Crippen LogP contribution < -0.4 is 3.97 Å². The minimum atomic E-state index is -3.27. The number of hydrogen-bond donors (Lipinski definition) is 0. The summed E-state index contributed by atoms with van der Waals surface area (Å²) >= 11 is 0.